The third-order valence-electron chi connectivity index (χ3n) is 4.49. The molecule has 2 atom stereocenters. The summed E-state index contributed by atoms with van der Waals surface area (Å²) in [7, 11) is -3.14. The van der Waals surface area contributed by atoms with Crippen LogP contribution in [0.25, 0.3) is 0 Å². The largest absolute Gasteiger partial charge is 0.364 e. The maximum atomic E-state index is 11.9. The predicted molar refractivity (Wildman–Crippen MR) is 92.3 cm³/mol. The lowest BCUT2D eigenvalue weighted by molar-refractivity contribution is 0.597. The fourth-order valence-corrected chi connectivity index (χ4v) is 4.12. The Hall–Kier alpha value is -1.88. The Kier molecular flexibility index (Phi) is 4.39. The number of rotatable bonds is 4. The van der Waals surface area contributed by atoms with E-state index in [1.54, 1.807) is 25.3 Å². The molecule has 1 aliphatic rings. The van der Waals surface area contributed by atoms with E-state index in [2.05, 4.69) is 22.9 Å². The predicted octanol–water partition coefficient (Wildman–Crippen LogP) is 3.46. The highest BCUT2D eigenvalue weighted by Gasteiger charge is 2.31. The minimum absolute atomic E-state index is 0.130. The van der Waals surface area contributed by atoms with Crippen molar-refractivity contribution < 1.29 is 8.42 Å². The third-order valence-corrected chi connectivity index (χ3v) is 6.24. The van der Waals surface area contributed by atoms with E-state index in [9.17, 15) is 8.42 Å². The van der Waals surface area contributed by atoms with Crippen LogP contribution in [0.5, 0.6) is 0 Å². The Morgan fingerprint density at radius 3 is 2.57 bits per heavy atom. The number of hydrogen-bond donors (Lipinski definition) is 0. The molecule has 0 aliphatic carbocycles. The highest BCUT2D eigenvalue weighted by atomic mass is 32.2. The van der Waals surface area contributed by atoms with E-state index < -0.39 is 9.84 Å². The van der Waals surface area contributed by atoms with Gasteiger partial charge in [0, 0.05) is 24.6 Å². The lowest BCUT2D eigenvalue weighted by Gasteiger charge is -2.27. The van der Waals surface area contributed by atoms with Crippen LogP contribution in [0.15, 0.2) is 53.7 Å². The number of sulfone groups is 1. The molecule has 1 aliphatic heterocycles. The number of pyridine rings is 1. The highest BCUT2D eigenvalue weighted by molar-refractivity contribution is 7.91. The molecule has 0 bridgehead atoms. The van der Waals surface area contributed by atoms with Crippen molar-refractivity contribution in [3.8, 4) is 0 Å². The fraction of sp³-hybridized carbons (Fsp3) is 0.389. The number of benzene rings is 1. The minimum atomic E-state index is -3.14. The van der Waals surface area contributed by atoms with Gasteiger partial charge in [-0.2, -0.15) is 0 Å². The molecule has 3 rings (SSSR count). The second-order valence-corrected chi connectivity index (χ2v) is 8.47. The molecular formula is C18H22N2O2S. The summed E-state index contributed by atoms with van der Waals surface area (Å²) in [6.07, 6.45) is 4.79. The summed E-state index contributed by atoms with van der Waals surface area (Å²) < 4.78 is 23.9. The molecule has 23 heavy (non-hydrogen) atoms. The summed E-state index contributed by atoms with van der Waals surface area (Å²) in [5, 5.41) is 0. The van der Waals surface area contributed by atoms with Gasteiger partial charge in [-0.15, -0.1) is 0 Å². The maximum Gasteiger partial charge on any atom is 0.178 e. The van der Waals surface area contributed by atoms with Crippen molar-refractivity contribution >= 4 is 15.5 Å². The maximum absolute atomic E-state index is 11.9. The average molecular weight is 330 g/mol. The molecule has 0 radical (unpaired) electrons. The van der Waals surface area contributed by atoms with E-state index in [-0.39, 0.29) is 5.75 Å². The van der Waals surface area contributed by atoms with Gasteiger partial charge in [0.2, 0.25) is 0 Å². The fourth-order valence-electron chi connectivity index (χ4n) is 3.23. The number of anilines is 1. The van der Waals surface area contributed by atoms with Crippen LogP contribution >= 0.6 is 0 Å². The van der Waals surface area contributed by atoms with Crippen molar-refractivity contribution in [1.82, 2.24) is 4.98 Å². The first-order chi connectivity index (χ1) is 11.0. The van der Waals surface area contributed by atoms with Crippen LogP contribution in [0, 0.1) is 5.92 Å². The van der Waals surface area contributed by atoms with Crippen molar-refractivity contribution in [3.05, 3.63) is 54.4 Å². The van der Waals surface area contributed by atoms with Crippen LogP contribution in [-0.4, -0.2) is 25.7 Å². The normalized spacial score (nSPS) is 21.6. The topological polar surface area (TPSA) is 50.3 Å². The molecule has 122 valence electrons. The van der Waals surface area contributed by atoms with Crippen LogP contribution in [0.1, 0.15) is 31.9 Å². The lowest BCUT2D eigenvalue weighted by atomic mass is 10.0. The Labute approximate surface area is 138 Å². The van der Waals surface area contributed by atoms with Crippen molar-refractivity contribution in [3.63, 3.8) is 0 Å². The zero-order valence-corrected chi connectivity index (χ0v) is 14.3. The summed E-state index contributed by atoms with van der Waals surface area (Å²) in [5.41, 5.74) is 2.28. The first kappa shape index (κ1) is 16.0. The molecule has 1 saturated heterocycles. The monoisotopic (exact) mass is 330 g/mol. The van der Waals surface area contributed by atoms with E-state index in [1.165, 1.54) is 5.56 Å². The highest BCUT2D eigenvalue weighted by Crippen LogP contribution is 2.38. The molecule has 0 saturated carbocycles. The second-order valence-electron chi connectivity index (χ2n) is 6.19. The SMILES string of the molecule is CCS(=O)(=O)c1ccc(N2C[C@@H](C)C[C@H]2c2cccnc2)cc1. The molecule has 0 unspecified atom stereocenters. The standard InChI is InChI=1S/C18H22N2O2S/c1-3-23(21,22)17-8-6-16(7-9-17)20-13-14(2)11-18(20)15-5-4-10-19-12-15/h4-10,12,14,18H,3,11,13H2,1-2H3/t14-,18-/m0/s1. The Morgan fingerprint density at radius 1 is 1.22 bits per heavy atom. The lowest BCUT2D eigenvalue weighted by Crippen LogP contribution is -2.23. The van der Waals surface area contributed by atoms with Crippen molar-refractivity contribution in [2.45, 2.75) is 31.2 Å². The smallest absolute Gasteiger partial charge is 0.178 e. The van der Waals surface area contributed by atoms with E-state index >= 15 is 0 Å². The molecule has 1 aromatic heterocycles. The first-order valence-electron chi connectivity index (χ1n) is 8.00. The van der Waals surface area contributed by atoms with Gasteiger partial charge in [-0.1, -0.05) is 19.9 Å². The van der Waals surface area contributed by atoms with Crippen LogP contribution in [-0.2, 0) is 9.84 Å². The van der Waals surface area contributed by atoms with Gasteiger partial charge in [0.25, 0.3) is 0 Å². The first-order valence-corrected chi connectivity index (χ1v) is 9.66. The zero-order chi connectivity index (χ0) is 16.4. The summed E-state index contributed by atoms with van der Waals surface area (Å²) in [4.78, 5) is 6.98. The average Bonchev–Trinajstić information content (AvgIpc) is 2.98. The molecule has 1 fully saturated rings. The van der Waals surface area contributed by atoms with Gasteiger partial charge in [-0.05, 0) is 48.2 Å². The quantitative estimate of drug-likeness (QED) is 0.861. The molecule has 4 nitrogen and oxygen atoms in total. The minimum Gasteiger partial charge on any atom is -0.364 e. The summed E-state index contributed by atoms with van der Waals surface area (Å²) in [6.45, 7) is 4.89. The second kappa shape index (κ2) is 6.32. The Morgan fingerprint density at radius 2 is 1.96 bits per heavy atom. The molecule has 0 spiro atoms. The molecule has 5 heteroatoms. The summed E-state index contributed by atoms with van der Waals surface area (Å²) >= 11 is 0. The van der Waals surface area contributed by atoms with Crippen molar-refractivity contribution in [1.29, 1.82) is 0 Å². The van der Waals surface area contributed by atoms with E-state index in [1.807, 2.05) is 24.4 Å². The Balaban J connectivity index is 1.90. The van der Waals surface area contributed by atoms with E-state index in [0.717, 1.165) is 18.7 Å². The number of hydrogen-bond acceptors (Lipinski definition) is 4. The molecule has 2 heterocycles. The van der Waals surface area contributed by atoms with E-state index in [0.29, 0.717) is 16.9 Å². The van der Waals surface area contributed by atoms with Crippen molar-refractivity contribution in [2.75, 3.05) is 17.2 Å². The molecule has 2 aromatic rings. The van der Waals surface area contributed by atoms with Gasteiger partial charge >= 0.3 is 0 Å². The van der Waals surface area contributed by atoms with Gasteiger partial charge in [-0.3, -0.25) is 4.98 Å². The van der Waals surface area contributed by atoms with Gasteiger partial charge in [0.05, 0.1) is 16.7 Å². The molecule has 1 aromatic carbocycles. The third kappa shape index (κ3) is 3.24. The van der Waals surface area contributed by atoms with Gasteiger partial charge < -0.3 is 4.90 Å². The Bertz CT molecular complexity index is 757. The van der Waals surface area contributed by atoms with Crippen LogP contribution in [0.4, 0.5) is 5.69 Å². The van der Waals surface area contributed by atoms with Gasteiger partial charge in [0.1, 0.15) is 0 Å². The summed E-state index contributed by atoms with van der Waals surface area (Å²) in [6, 6.07) is 11.7. The number of aromatic nitrogens is 1. The van der Waals surface area contributed by atoms with Crippen molar-refractivity contribution in [2.24, 2.45) is 5.92 Å². The molecule has 0 N–H and O–H groups in total. The van der Waals surface area contributed by atoms with Crippen LogP contribution in [0.3, 0.4) is 0 Å². The van der Waals surface area contributed by atoms with Crippen LogP contribution < -0.4 is 4.90 Å². The molecular weight excluding hydrogens is 308 g/mol. The van der Waals surface area contributed by atoms with E-state index in [4.69, 9.17) is 0 Å². The number of nitrogens with zero attached hydrogens (tertiary/aromatic N) is 2. The van der Waals surface area contributed by atoms with Gasteiger partial charge in [0.15, 0.2) is 9.84 Å². The van der Waals surface area contributed by atoms with Crippen LogP contribution in [0.2, 0.25) is 0 Å². The zero-order valence-electron chi connectivity index (χ0n) is 13.5. The van der Waals surface area contributed by atoms with Gasteiger partial charge in [-0.25, -0.2) is 8.42 Å². The molecule has 0 amide bonds. The summed E-state index contributed by atoms with van der Waals surface area (Å²) in [5.74, 6) is 0.727.